The summed E-state index contributed by atoms with van der Waals surface area (Å²) in [6, 6.07) is 76.7. The number of hydrogen-bond donors (Lipinski definition) is 0. The molecule has 9 aromatic carbocycles. The van der Waals surface area contributed by atoms with E-state index in [0.29, 0.717) is 0 Å². The highest BCUT2D eigenvalue weighted by Gasteiger charge is 2.39. The van der Waals surface area contributed by atoms with Gasteiger partial charge in [0, 0.05) is 38.5 Å². The molecule has 2 heterocycles. The molecule has 11 aromatic rings. The SMILES string of the molecule is C=CC1=C(/C(=C\C)N(c2ccc(-c3ccccc3)cc2)c2cccc3oc4ccc(-c5ccc6c7ccccc7n(-c7cccc(-c8ccccc8)c7)c6c5)cc4c23)c2ccccc2C1(C)C. The molecule has 0 aliphatic heterocycles. The van der Waals surface area contributed by atoms with E-state index >= 15 is 0 Å². The van der Waals surface area contributed by atoms with Crippen molar-refractivity contribution in [2.24, 2.45) is 0 Å². The summed E-state index contributed by atoms with van der Waals surface area (Å²) < 4.78 is 9.19. The minimum atomic E-state index is -0.231. The first-order valence-electron chi connectivity index (χ1n) is 23.2. The van der Waals surface area contributed by atoms with Gasteiger partial charge in [-0.15, -0.1) is 0 Å². The smallest absolute Gasteiger partial charge is 0.137 e. The van der Waals surface area contributed by atoms with E-state index in [1.165, 1.54) is 60.8 Å². The van der Waals surface area contributed by atoms with Crippen LogP contribution in [-0.4, -0.2) is 4.57 Å². The topological polar surface area (TPSA) is 21.3 Å². The average molecular weight is 861 g/mol. The molecule has 0 spiro atoms. The van der Waals surface area contributed by atoms with Crippen molar-refractivity contribution in [3.8, 4) is 39.1 Å². The Bertz CT molecular complexity index is 3790. The van der Waals surface area contributed by atoms with E-state index < -0.39 is 0 Å². The van der Waals surface area contributed by atoms with E-state index in [2.05, 4.69) is 261 Å². The minimum Gasteiger partial charge on any atom is -0.456 e. The van der Waals surface area contributed by atoms with Gasteiger partial charge < -0.3 is 13.9 Å². The number of para-hydroxylation sites is 1. The van der Waals surface area contributed by atoms with E-state index in [4.69, 9.17) is 4.42 Å². The first-order chi connectivity index (χ1) is 32.9. The lowest BCUT2D eigenvalue weighted by Crippen LogP contribution is -2.19. The van der Waals surface area contributed by atoms with E-state index in [-0.39, 0.29) is 5.41 Å². The Morgan fingerprint density at radius 1 is 0.522 bits per heavy atom. The molecule has 0 fully saturated rings. The van der Waals surface area contributed by atoms with Crippen molar-refractivity contribution >= 4 is 60.7 Å². The second-order valence-corrected chi connectivity index (χ2v) is 18.0. The monoisotopic (exact) mass is 860 g/mol. The maximum atomic E-state index is 6.77. The van der Waals surface area contributed by atoms with Crippen LogP contribution in [0.2, 0.25) is 0 Å². The van der Waals surface area contributed by atoms with Crippen LogP contribution in [-0.2, 0) is 5.41 Å². The first kappa shape index (κ1) is 40.1. The van der Waals surface area contributed by atoms with Gasteiger partial charge in [-0.2, -0.15) is 0 Å². The Morgan fingerprint density at radius 3 is 1.91 bits per heavy atom. The first-order valence-corrected chi connectivity index (χ1v) is 23.2. The van der Waals surface area contributed by atoms with E-state index in [9.17, 15) is 0 Å². The van der Waals surface area contributed by atoms with Gasteiger partial charge in [-0.25, -0.2) is 0 Å². The molecule has 0 bridgehead atoms. The highest BCUT2D eigenvalue weighted by Crippen LogP contribution is 2.53. The molecule has 3 heteroatoms. The number of furan rings is 1. The molecule has 12 rings (SSSR count). The van der Waals surface area contributed by atoms with Gasteiger partial charge in [-0.3, -0.25) is 0 Å². The van der Waals surface area contributed by atoms with Gasteiger partial charge in [-0.1, -0.05) is 184 Å². The van der Waals surface area contributed by atoms with Crippen molar-refractivity contribution in [3.63, 3.8) is 0 Å². The summed E-state index contributed by atoms with van der Waals surface area (Å²) in [6.45, 7) is 11.2. The number of allylic oxidation sites excluding steroid dienone is 4. The summed E-state index contributed by atoms with van der Waals surface area (Å²) in [5.41, 5.74) is 20.0. The zero-order chi connectivity index (χ0) is 45.2. The average Bonchev–Trinajstić information content (AvgIpc) is 4.00. The molecule has 0 radical (unpaired) electrons. The predicted molar refractivity (Wildman–Crippen MR) is 283 cm³/mol. The minimum absolute atomic E-state index is 0.231. The zero-order valence-electron chi connectivity index (χ0n) is 37.9. The number of aromatic nitrogens is 1. The van der Waals surface area contributed by atoms with Crippen LogP contribution in [0.5, 0.6) is 0 Å². The molecule has 0 saturated carbocycles. The highest BCUT2D eigenvalue weighted by atomic mass is 16.3. The van der Waals surface area contributed by atoms with Gasteiger partial charge in [0.2, 0.25) is 0 Å². The van der Waals surface area contributed by atoms with Crippen molar-refractivity contribution in [1.29, 1.82) is 0 Å². The Balaban J connectivity index is 1.05. The predicted octanol–water partition coefficient (Wildman–Crippen LogP) is 17.7. The molecule has 0 amide bonds. The fraction of sp³-hybridized carbons (Fsp3) is 0.0625. The standard InChI is InChI=1S/C64H48N2O/c1-5-54-62(52-26-13-15-27-55(52)64(54,3)4)56(6-2)65(48-35-31-44(32-36-48)42-19-9-7-10-20-42)58-29-18-30-61-63(58)53-40-46(34-38-60(53)67-61)47-33-37-51-50-25-14-16-28-57(50)66(59(51)41-47)49-24-17-23-45(39-49)43-21-11-8-12-22-43/h5-41H,1H2,2-4H3/b56-6+. The van der Waals surface area contributed by atoms with Crippen molar-refractivity contribution in [2.75, 3.05) is 4.90 Å². The molecule has 3 nitrogen and oxygen atoms in total. The van der Waals surface area contributed by atoms with Crippen LogP contribution in [0.4, 0.5) is 11.4 Å². The van der Waals surface area contributed by atoms with Crippen LogP contribution in [0, 0.1) is 0 Å². The molecule has 1 aliphatic carbocycles. The van der Waals surface area contributed by atoms with Gasteiger partial charge in [0.05, 0.1) is 27.8 Å². The van der Waals surface area contributed by atoms with Crippen molar-refractivity contribution < 1.29 is 4.42 Å². The normalized spacial score (nSPS) is 13.5. The maximum Gasteiger partial charge on any atom is 0.137 e. The number of anilines is 2. The van der Waals surface area contributed by atoms with Gasteiger partial charge in [-0.05, 0) is 118 Å². The van der Waals surface area contributed by atoms with Gasteiger partial charge in [0.15, 0.2) is 0 Å². The summed E-state index contributed by atoms with van der Waals surface area (Å²) in [5.74, 6) is 0. The largest absolute Gasteiger partial charge is 0.456 e. The molecule has 0 saturated heterocycles. The lowest BCUT2D eigenvalue weighted by molar-refractivity contribution is 0.654. The quantitative estimate of drug-likeness (QED) is 0.144. The molecule has 0 atom stereocenters. The summed E-state index contributed by atoms with van der Waals surface area (Å²) in [6.07, 6.45) is 4.32. The van der Waals surface area contributed by atoms with Crippen molar-refractivity contribution in [1.82, 2.24) is 4.57 Å². The highest BCUT2D eigenvalue weighted by molar-refractivity contribution is 6.15. The number of hydrogen-bond acceptors (Lipinski definition) is 2. The molecule has 0 unspecified atom stereocenters. The van der Waals surface area contributed by atoms with Crippen LogP contribution in [0.15, 0.2) is 247 Å². The third-order valence-corrected chi connectivity index (χ3v) is 14.0. The molecule has 1 aliphatic rings. The van der Waals surface area contributed by atoms with Crippen LogP contribution >= 0.6 is 0 Å². The number of rotatable bonds is 9. The van der Waals surface area contributed by atoms with E-state index in [0.717, 1.165) is 61.3 Å². The molecule has 0 N–H and O–H groups in total. The van der Waals surface area contributed by atoms with Crippen LogP contribution < -0.4 is 4.90 Å². The van der Waals surface area contributed by atoms with E-state index in [1.54, 1.807) is 0 Å². The Labute approximate surface area is 391 Å². The third-order valence-electron chi connectivity index (χ3n) is 14.0. The van der Waals surface area contributed by atoms with Gasteiger partial charge >= 0.3 is 0 Å². The Hall–Kier alpha value is -8.40. The molecular weight excluding hydrogens is 813 g/mol. The summed E-state index contributed by atoms with van der Waals surface area (Å²) in [7, 11) is 0. The van der Waals surface area contributed by atoms with Crippen molar-refractivity contribution in [3.05, 3.63) is 253 Å². The second-order valence-electron chi connectivity index (χ2n) is 18.0. The number of fused-ring (bicyclic) bond motifs is 7. The lowest BCUT2D eigenvalue weighted by atomic mass is 9.81. The fourth-order valence-electron chi connectivity index (χ4n) is 10.8. The van der Waals surface area contributed by atoms with Crippen LogP contribution in [0.1, 0.15) is 31.9 Å². The van der Waals surface area contributed by atoms with Gasteiger partial charge in [0.25, 0.3) is 0 Å². The summed E-state index contributed by atoms with van der Waals surface area (Å²) in [4.78, 5) is 2.43. The maximum absolute atomic E-state index is 6.77. The molecule has 2 aromatic heterocycles. The van der Waals surface area contributed by atoms with Crippen LogP contribution in [0.25, 0.3) is 88.4 Å². The molecule has 67 heavy (non-hydrogen) atoms. The third kappa shape index (κ3) is 6.49. The molecular formula is C64H48N2O. The van der Waals surface area contributed by atoms with E-state index in [1.807, 2.05) is 0 Å². The number of nitrogens with zero attached hydrogens (tertiary/aromatic N) is 2. The number of benzene rings is 9. The Morgan fingerprint density at radius 2 is 1.13 bits per heavy atom. The second kappa shape index (κ2) is 15.9. The van der Waals surface area contributed by atoms with Gasteiger partial charge in [0.1, 0.15) is 11.2 Å². The molecule has 320 valence electrons. The fourth-order valence-corrected chi connectivity index (χ4v) is 10.8. The van der Waals surface area contributed by atoms with Crippen molar-refractivity contribution in [2.45, 2.75) is 26.2 Å². The Kier molecular flexibility index (Phi) is 9.55. The summed E-state index contributed by atoms with van der Waals surface area (Å²) in [5, 5.41) is 4.57. The van der Waals surface area contributed by atoms with Crippen LogP contribution in [0.3, 0.4) is 0 Å². The lowest BCUT2D eigenvalue weighted by Gasteiger charge is -2.31. The summed E-state index contributed by atoms with van der Waals surface area (Å²) >= 11 is 0. The zero-order valence-corrected chi connectivity index (χ0v) is 37.9.